The first-order chi connectivity index (χ1) is 13.6. The van der Waals surface area contributed by atoms with Crippen LogP contribution in [0.15, 0.2) is 77.3 Å². The van der Waals surface area contributed by atoms with Crippen molar-refractivity contribution in [3.05, 3.63) is 99.5 Å². The van der Waals surface area contributed by atoms with Crippen molar-refractivity contribution in [1.82, 2.24) is 4.90 Å². The van der Waals surface area contributed by atoms with Gasteiger partial charge in [0.1, 0.15) is 11.9 Å². The van der Waals surface area contributed by atoms with Crippen LogP contribution in [-0.4, -0.2) is 17.4 Å². The van der Waals surface area contributed by atoms with Crippen molar-refractivity contribution >= 4 is 21.8 Å². The summed E-state index contributed by atoms with van der Waals surface area (Å²) in [4.78, 5) is 15.0. The van der Waals surface area contributed by atoms with Crippen LogP contribution in [-0.2, 0) is 13.0 Å². The van der Waals surface area contributed by atoms with E-state index in [1.165, 1.54) is 0 Å². The number of rotatable bonds is 5. The van der Waals surface area contributed by atoms with Gasteiger partial charge in [-0.25, -0.2) is 0 Å². The van der Waals surface area contributed by atoms with E-state index in [4.69, 9.17) is 4.74 Å². The molecule has 0 aliphatic carbocycles. The predicted molar refractivity (Wildman–Crippen MR) is 115 cm³/mol. The highest BCUT2D eigenvalue weighted by atomic mass is 79.9. The molecular weight excluding hydrogens is 414 g/mol. The fourth-order valence-corrected chi connectivity index (χ4v) is 3.86. The molecule has 28 heavy (non-hydrogen) atoms. The number of amides is 1. The number of ether oxygens (including phenoxy) is 1. The molecule has 0 N–H and O–H groups in total. The summed E-state index contributed by atoms with van der Waals surface area (Å²) in [6.07, 6.45) is 0.735. The highest BCUT2D eigenvalue weighted by molar-refractivity contribution is 9.10. The Morgan fingerprint density at radius 1 is 1.00 bits per heavy atom. The summed E-state index contributed by atoms with van der Waals surface area (Å²) in [5.74, 6) is 0.882. The van der Waals surface area contributed by atoms with Crippen LogP contribution in [0.3, 0.4) is 0 Å². The minimum absolute atomic E-state index is 0.0661. The van der Waals surface area contributed by atoms with Crippen molar-refractivity contribution in [2.45, 2.75) is 26.0 Å². The Labute approximate surface area is 174 Å². The van der Waals surface area contributed by atoms with Gasteiger partial charge in [0.2, 0.25) is 0 Å². The molecule has 142 valence electrons. The predicted octanol–water partition coefficient (Wildman–Crippen LogP) is 5.79. The smallest absolute Gasteiger partial charge is 0.254 e. The minimum atomic E-state index is -0.0661. The lowest BCUT2D eigenvalue weighted by Crippen LogP contribution is -2.37. The quantitative estimate of drug-likeness (QED) is 0.507. The van der Waals surface area contributed by atoms with E-state index < -0.39 is 0 Å². The highest BCUT2D eigenvalue weighted by Gasteiger charge is 2.27. The van der Waals surface area contributed by atoms with Crippen LogP contribution in [0.25, 0.3) is 0 Å². The first-order valence-electron chi connectivity index (χ1n) is 9.49. The zero-order valence-corrected chi connectivity index (χ0v) is 17.4. The van der Waals surface area contributed by atoms with Crippen molar-refractivity contribution in [1.29, 1.82) is 0 Å². The molecule has 0 saturated carbocycles. The number of fused-ring (bicyclic) bond motifs is 1. The van der Waals surface area contributed by atoms with Crippen LogP contribution in [0.2, 0.25) is 0 Å². The van der Waals surface area contributed by atoms with Gasteiger partial charge in [0.05, 0.1) is 0 Å². The summed E-state index contributed by atoms with van der Waals surface area (Å²) >= 11 is 3.45. The number of halogens is 1. The molecule has 0 saturated heterocycles. The monoisotopic (exact) mass is 435 g/mol. The van der Waals surface area contributed by atoms with Crippen LogP contribution in [0.5, 0.6) is 5.75 Å². The molecule has 1 aliphatic rings. The number of carbonyl (C=O) groups excluding carboxylic acids is 1. The molecule has 3 aromatic carbocycles. The molecule has 3 aromatic rings. The van der Waals surface area contributed by atoms with Crippen molar-refractivity contribution in [3.63, 3.8) is 0 Å². The molecule has 1 amide bonds. The first kappa shape index (κ1) is 18.8. The number of nitrogens with zero attached hydrogens (tertiary/aromatic N) is 1. The van der Waals surface area contributed by atoms with Crippen LogP contribution < -0.4 is 4.74 Å². The molecule has 0 fully saturated rings. The summed E-state index contributed by atoms with van der Waals surface area (Å²) in [6.45, 7) is 3.36. The zero-order valence-electron chi connectivity index (χ0n) is 15.8. The topological polar surface area (TPSA) is 29.5 Å². The lowest BCUT2D eigenvalue weighted by Gasteiger charge is -2.30. The van der Waals surface area contributed by atoms with Gasteiger partial charge in [0.25, 0.3) is 5.91 Å². The SMILES string of the molecule is C[C@H](Oc1cccc2c1CCN(Cc1ccc(Br)cc1)C2=O)c1ccccc1. The average Bonchev–Trinajstić information content (AvgIpc) is 2.73. The summed E-state index contributed by atoms with van der Waals surface area (Å²) in [5, 5.41) is 0. The molecule has 1 aliphatic heterocycles. The summed E-state index contributed by atoms with van der Waals surface area (Å²) < 4.78 is 7.28. The third-order valence-corrected chi connectivity index (χ3v) is 5.67. The van der Waals surface area contributed by atoms with E-state index in [0.29, 0.717) is 13.1 Å². The molecule has 1 heterocycles. The Bertz CT molecular complexity index is 970. The molecule has 4 rings (SSSR count). The molecule has 3 nitrogen and oxygen atoms in total. The normalized spacial score (nSPS) is 14.5. The second kappa shape index (κ2) is 8.19. The minimum Gasteiger partial charge on any atom is -0.486 e. The van der Waals surface area contributed by atoms with Gasteiger partial charge in [0.15, 0.2) is 0 Å². The Kier molecular flexibility index (Phi) is 5.49. The zero-order chi connectivity index (χ0) is 19.5. The highest BCUT2D eigenvalue weighted by Crippen LogP contribution is 2.32. The Balaban J connectivity index is 1.53. The average molecular weight is 436 g/mol. The van der Waals surface area contributed by atoms with E-state index in [-0.39, 0.29) is 12.0 Å². The molecular formula is C24H22BrNO2. The molecule has 4 heteroatoms. The molecule has 0 radical (unpaired) electrons. The summed E-state index contributed by atoms with van der Waals surface area (Å²) in [5.41, 5.74) is 4.02. The lowest BCUT2D eigenvalue weighted by atomic mass is 9.97. The number of hydrogen-bond donors (Lipinski definition) is 0. The van der Waals surface area contributed by atoms with Crippen molar-refractivity contribution < 1.29 is 9.53 Å². The van der Waals surface area contributed by atoms with E-state index in [1.54, 1.807) is 0 Å². The number of hydrogen-bond acceptors (Lipinski definition) is 2. The van der Waals surface area contributed by atoms with E-state index in [2.05, 4.69) is 28.1 Å². The van der Waals surface area contributed by atoms with Crippen LogP contribution in [0.1, 0.15) is 40.1 Å². The van der Waals surface area contributed by atoms with Crippen molar-refractivity contribution in [3.8, 4) is 5.75 Å². The fraction of sp³-hybridized carbons (Fsp3) is 0.208. The Morgan fingerprint density at radius 2 is 1.75 bits per heavy atom. The molecule has 0 aromatic heterocycles. The van der Waals surface area contributed by atoms with Gasteiger partial charge in [0, 0.05) is 28.7 Å². The Hall–Kier alpha value is -2.59. The van der Waals surface area contributed by atoms with Crippen molar-refractivity contribution in [2.24, 2.45) is 0 Å². The van der Waals surface area contributed by atoms with Gasteiger partial charge in [-0.15, -0.1) is 0 Å². The fourth-order valence-electron chi connectivity index (χ4n) is 3.60. The second-order valence-electron chi connectivity index (χ2n) is 7.06. The van der Waals surface area contributed by atoms with Gasteiger partial charge >= 0.3 is 0 Å². The summed E-state index contributed by atoms with van der Waals surface area (Å²) in [7, 11) is 0. The van der Waals surface area contributed by atoms with Gasteiger partial charge in [-0.1, -0.05) is 64.5 Å². The number of benzene rings is 3. The van der Waals surface area contributed by atoms with Gasteiger partial charge in [-0.05, 0) is 48.7 Å². The van der Waals surface area contributed by atoms with Crippen LogP contribution in [0, 0.1) is 0 Å². The maximum absolute atomic E-state index is 13.1. The van der Waals surface area contributed by atoms with Crippen LogP contribution in [0.4, 0.5) is 0 Å². The first-order valence-corrected chi connectivity index (χ1v) is 10.3. The van der Waals surface area contributed by atoms with Crippen LogP contribution >= 0.6 is 15.9 Å². The largest absolute Gasteiger partial charge is 0.486 e. The third kappa shape index (κ3) is 3.97. The molecule has 0 bridgehead atoms. The maximum Gasteiger partial charge on any atom is 0.254 e. The molecule has 0 spiro atoms. The van der Waals surface area contributed by atoms with Gasteiger partial charge < -0.3 is 9.64 Å². The maximum atomic E-state index is 13.1. The van der Waals surface area contributed by atoms with Gasteiger partial charge in [-0.3, -0.25) is 4.79 Å². The van der Waals surface area contributed by atoms with E-state index in [0.717, 1.165) is 38.9 Å². The number of carbonyl (C=O) groups is 1. The van der Waals surface area contributed by atoms with Gasteiger partial charge in [-0.2, -0.15) is 0 Å². The standard InChI is InChI=1S/C24H22BrNO2/c1-17(19-6-3-2-4-7-19)28-23-9-5-8-22-21(23)14-15-26(24(22)27)16-18-10-12-20(25)13-11-18/h2-13,17H,14-16H2,1H3/t17-/m0/s1. The Morgan fingerprint density at radius 3 is 2.50 bits per heavy atom. The van der Waals surface area contributed by atoms with Crippen molar-refractivity contribution in [2.75, 3.05) is 6.54 Å². The third-order valence-electron chi connectivity index (χ3n) is 5.14. The molecule has 1 atom stereocenters. The van der Waals surface area contributed by atoms with E-state index in [9.17, 15) is 4.79 Å². The summed E-state index contributed by atoms with van der Waals surface area (Å²) in [6, 6.07) is 24.0. The van der Waals surface area contributed by atoms with E-state index >= 15 is 0 Å². The van der Waals surface area contributed by atoms with E-state index in [1.807, 2.05) is 72.5 Å². The second-order valence-corrected chi connectivity index (χ2v) is 7.97. The molecule has 0 unspecified atom stereocenters. The lowest BCUT2D eigenvalue weighted by molar-refractivity contribution is 0.0724.